The van der Waals surface area contributed by atoms with Crippen LogP contribution in [0, 0.1) is 5.92 Å². The third-order valence-electron chi connectivity index (χ3n) is 5.66. The molecule has 1 aromatic rings. The van der Waals surface area contributed by atoms with Gasteiger partial charge in [0.1, 0.15) is 6.54 Å². The molecule has 0 aromatic carbocycles. The first-order valence-corrected chi connectivity index (χ1v) is 11.8. The lowest BCUT2D eigenvalue weighted by Gasteiger charge is -2.28. The van der Waals surface area contributed by atoms with Crippen molar-refractivity contribution >= 4 is 34.2 Å². The predicted molar refractivity (Wildman–Crippen MR) is 117 cm³/mol. The maximum absolute atomic E-state index is 12.9. The molecule has 2 heterocycles. The molecule has 1 N–H and O–H groups in total. The Balaban J connectivity index is 1.51. The molecule has 1 saturated heterocycles. The van der Waals surface area contributed by atoms with Crippen LogP contribution in [0.4, 0.5) is 5.13 Å². The van der Waals surface area contributed by atoms with Gasteiger partial charge in [0.25, 0.3) is 0 Å². The lowest BCUT2D eigenvalue weighted by Crippen LogP contribution is -2.43. The second-order valence-corrected chi connectivity index (χ2v) is 8.81. The van der Waals surface area contributed by atoms with E-state index in [1.165, 1.54) is 17.8 Å². The van der Waals surface area contributed by atoms with Crippen LogP contribution in [0.15, 0.2) is 5.38 Å². The topological polar surface area (TPSA) is 101 Å². The fourth-order valence-corrected chi connectivity index (χ4v) is 4.66. The van der Waals surface area contributed by atoms with E-state index >= 15 is 0 Å². The zero-order valence-electron chi connectivity index (χ0n) is 18.1. The number of rotatable bonds is 9. The van der Waals surface area contributed by atoms with E-state index in [1.807, 2.05) is 0 Å². The molecule has 9 nitrogen and oxygen atoms in total. The van der Waals surface area contributed by atoms with Crippen molar-refractivity contribution in [1.82, 2.24) is 14.8 Å². The average Bonchev–Trinajstić information content (AvgIpc) is 3.23. The van der Waals surface area contributed by atoms with E-state index in [2.05, 4.69) is 10.3 Å². The number of hydrogen-bond donors (Lipinski definition) is 1. The summed E-state index contributed by atoms with van der Waals surface area (Å²) in [5, 5.41) is 4.99. The van der Waals surface area contributed by atoms with Gasteiger partial charge in [0.2, 0.25) is 17.7 Å². The molecule has 0 bridgehead atoms. The maximum Gasteiger partial charge on any atom is 0.245 e. The number of amides is 3. The predicted octanol–water partition coefficient (Wildman–Crippen LogP) is 1.54. The highest BCUT2D eigenvalue weighted by atomic mass is 32.1. The summed E-state index contributed by atoms with van der Waals surface area (Å²) in [4.78, 5) is 45.6. The van der Waals surface area contributed by atoms with Crippen LogP contribution in [0.25, 0.3) is 0 Å². The molecule has 0 spiro atoms. The number of ether oxygens (including phenoxy) is 2. The SMILES string of the molecule is COCCN(CC(=O)Nc1nc(CC(=O)N2CCOCC2)cs1)C(=O)C1CCCCC1. The number of anilines is 1. The van der Waals surface area contributed by atoms with Gasteiger partial charge in [-0.25, -0.2) is 4.98 Å². The maximum atomic E-state index is 12.9. The van der Waals surface area contributed by atoms with Gasteiger partial charge in [-0.15, -0.1) is 11.3 Å². The molecular formula is C21H32N4O5S. The van der Waals surface area contributed by atoms with Gasteiger partial charge in [-0.1, -0.05) is 19.3 Å². The Morgan fingerprint density at radius 1 is 1.26 bits per heavy atom. The number of aromatic nitrogens is 1. The Hall–Kier alpha value is -2.04. The summed E-state index contributed by atoms with van der Waals surface area (Å²) >= 11 is 1.28. The number of nitrogens with one attached hydrogen (secondary N) is 1. The highest BCUT2D eigenvalue weighted by Gasteiger charge is 2.27. The molecule has 0 radical (unpaired) electrons. The Bertz CT molecular complexity index is 744. The van der Waals surface area contributed by atoms with Gasteiger partial charge < -0.3 is 24.6 Å². The van der Waals surface area contributed by atoms with E-state index in [0.29, 0.717) is 50.3 Å². The smallest absolute Gasteiger partial charge is 0.245 e. The van der Waals surface area contributed by atoms with E-state index < -0.39 is 0 Å². The molecule has 1 aromatic heterocycles. The van der Waals surface area contributed by atoms with Crippen molar-refractivity contribution in [2.75, 3.05) is 58.4 Å². The van der Waals surface area contributed by atoms with Crippen molar-refractivity contribution in [2.45, 2.75) is 38.5 Å². The molecule has 3 rings (SSSR count). The molecule has 1 saturated carbocycles. The quantitative estimate of drug-likeness (QED) is 0.610. The van der Waals surface area contributed by atoms with E-state index in [-0.39, 0.29) is 36.6 Å². The summed E-state index contributed by atoms with van der Waals surface area (Å²) in [5.41, 5.74) is 0.631. The molecule has 2 aliphatic rings. The Morgan fingerprint density at radius 2 is 2.00 bits per heavy atom. The van der Waals surface area contributed by atoms with Gasteiger partial charge in [-0.3, -0.25) is 14.4 Å². The molecule has 31 heavy (non-hydrogen) atoms. The third kappa shape index (κ3) is 7.26. The molecule has 10 heteroatoms. The van der Waals surface area contributed by atoms with Crippen LogP contribution < -0.4 is 5.32 Å². The van der Waals surface area contributed by atoms with Crippen molar-refractivity contribution in [3.05, 3.63) is 11.1 Å². The molecule has 0 atom stereocenters. The zero-order chi connectivity index (χ0) is 22.1. The number of morpholine rings is 1. The van der Waals surface area contributed by atoms with Gasteiger partial charge in [0.05, 0.1) is 31.9 Å². The van der Waals surface area contributed by atoms with Gasteiger partial charge in [-0.05, 0) is 12.8 Å². The summed E-state index contributed by atoms with van der Waals surface area (Å²) in [5.74, 6) is -0.255. The van der Waals surface area contributed by atoms with Gasteiger partial charge in [-0.2, -0.15) is 0 Å². The van der Waals surface area contributed by atoms with E-state index in [4.69, 9.17) is 9.47 Å². The number of carbonyl (C=O) groups excluding carboxylic acids is 3. The van der Waals surface area contributed by atoms with Crippen LogP contribution in [0.3, 0.4) is 0 Å². The summed E-state index contributed by atoms with van der Waals surface area (Å²) in [6.07, 6.45) is 5.26. The first-order valence-electron chi connectivity index (χ1n) is 10.9. The van der Waals surface area contributed by atoms with Crippen molar-refractivity contribution in [3.8, 4) is 0 Å². The van der Waals surface area contributed by atoms with Crippen LogP contribution in [0.5, 0.6) is 0 Å². The minimum Gasteiger partial charge on any atom is -0.383 e. The Kier molecular flexibility index (Phi) is 9.23. The van der Waals surface area contributed by atoms with E-state index in [0.717, 1.165) is 25.7 Å². The average molecular weight is 453 g/mol. The number of methoxy groups -OCH3 is 1. The molecule has 1 aliphatic carbocycles. The van der Waals surface area contributed by atoms with Crippen LogP contribution in [-0.2, 0) is 30.3 Å². The fraction of sp³-hybridized carbons (Fsp3) is 0.714. The number of nitrogens with zero attached hydrogens (tertiary/aromatic N) is 3. The summed E-state index contributed by atoms with van der Waals surface area (Å²) in [6, 6.07) is 0. The highest BCUT2D eigenvalue weighted by molar-refractivity contribution is 7.13. The normalized spacial score (nSPS) is 17.4. The number of thiazole rings is 1. The van der Waals surface area contributed by atoms with E-state index in [1.54, 1.807) is 22.3 Å². The van der Waals surface area contributed by atoms with Crippen LogP contribution in [-0.4, -0.2) is 85.6 Å². The lowest BCUT2D eigenvalue weighted by atomic mass is 9.88. The fourth-order valence-electron chi connectivity index (χ4n) is 3.93. The van der Waals surface area contributed by atoms with Crippen molar-refractivity contribution < 1.29 is 23.9 Å². The Labute approximate surface area is 187 Å². The molecular weight excluding hydrogens is 420 g/mol. The standard InChI is InChI=1S/C21H32N4O5S/c1-29-10-7-25(20(28)16-5-3-2-4-6-16)14-18(26)23-21-22-17(15-31-21)13-19(27)24-8-11-30-12-9-24/h15-16H,2-14H2,1H3,(H,22,23,26). The van der Waals surface area contributed by atoms with E-state index in [9.17, 15) is 14.4 Å². The van der Waals surface area contributed by atoms with Crippen molar-refractivity contribution in [1.29, 1.82) is 0 Å². The number of carbonyl (C=O) groups is 3. The second kappa shape index (κ2) is 12.1. The molecule has 0 unspecified atom stereocenters. The Morgan fingerprint density at radius 3 is 2.71 bits per heavy atom. The number of hydrogen-bond acceptors (Lipinski definition) is 7. The van der Waals surface area contributed by atoms with Crippen LogP contribution >= 0.6 is 11.3 Å². The monoisotopic (exact) mass is 452 g/mol. The van der Waals surface area contributed by atoms with Crippen LogP contribution in [0.2, 0.25) is 0 Å². The first kappa shape index (κ1) is 23.6. The zero-order valence-corrected chi connectivity index (χ0v) is 19.0. The minimum absolute atomic E-state index is 0.00364. The first-order chi connectivity index (χ1) is 15.1. The molecule has 2 fully saturated rings. The van der Waals surface area contributed by atoms with Crippen molar-refractivity contribution in [2.24, 2.45) is 5.92 Å². The van der Waals surface area contributed by atoms with Gasteiger partial charge in [0, 0.05) is 38.0 Å². The van der Waals surface area contributed by atoms with Gasteiger partial charge >= 0.3 is 0 Å². The largest absolute Gasteiger partial charge is 0.383 e. The summed E-state index contributed by atoms with van der Waals surface area (Å²) < 4.78 is 10.4. The lowest BCUT2D eigenvalue weighted by molar-refractivity contribution is -0.140. The third-order valence-corrected chi connectivity index (χ3v) is 6.47. The second-order valence-electron chi connectivity index (χ2n) is 7.95. The molecule has 3 amide bonds. The minimum atomic E-state index is -0.291. The molecule has 1 aliphatic heterocycles. The molecule has 172 valence electrons. The summed E-state index contributed by atoms with van der Waals surface area (Å²) in [6.45, 7) is 3.05. The highest BCUT2D eigenvalue weighted by Crippen LogP contribution is 2.25. The summed E-state index contributed by atoms with van der Waals surface area (Å²) in [7, 11) is 1.58. The van der Waals surface area contributed by atoms with Crippen molar-refractivity contribution in [3.63, 3.8) is 0 Å². The van der Waals surface area contributed by atoms with Gasteiger partial charge in [0.15, 0.2) is 5.13 Å². The van der Waals surface area contributed by atoms with Crippen LogP contribution in [0.1, 0.15) is 37.8 Å².